The van der Waals surface area contributed by atoms with Crippen LogP contribution in [-0.2, 0) is 12.5 Å². The lowest BCUT2D eigenvalue weighted by Gasteiger charge is -2.22. The molecule has 4 heteroatoms. The minimum atomic E-state index is -3.38. The van der Waals surface area contributed by atoms with Crippen molar-refractivity contribution in [3.8, 4) is 39.6 Å². The van der Waals surface area contributed by atoms with Crippen LogP contribution in [0.25, 0.3) is 55.4 Å². The minimum Gasteiger partial charge on any atom is -0.454 e. The van der Waals surface area contributed by atoms with Crippen LogP contribution in [0.1, 0.15) is 70.9 Å². The van der Waals surface area contributed by atoms with Crippen LogP contribution >= 0.6 is 0 Å². The Labute approximate surface area is 255 Å². The Morgan fingerprint density at radius 3 is 2.50 bits per heavy atom. The fourth-order valence-electron chi connectivity index (χ4n) is 6.61. The summed E-state index contributed by atoms with van der Waals surface area (Å²) in [6.45, 7) is -0.545. The number of nitrogens with zero attached hydrogens (tertiary/aromatic N) is 2. The maximum atomic E-state index is 15.6. The Balaban J connectivity index is 1.50. The van der Waals surface area contributed by atoms with Crippen LogP contribution in [0, 0.1) is 24.1 Å². The number of halogens is 1. The molecule has 0 amide bonds. The van der Waals surface area contributed by atoms with Crippen molar-refractivity contribution in [1.29, 1.82) is 5.26 Å². The standard InChI is InChI=1S/C38H32FN2O/c1-21(2)29-18-33(41(6)20-32(29)39)34-22(3)11-14-28-35-24(19-40)13-15-25(36(35)42-37(28)34)23-12-16-27-26-9-7-8-10-30(26)38(4,5)31(27)17-23/h7-18,20-21H,1-6H3/q+1/i1D3,2D3,21D. The van der Waals surface area contributed by atoms with Gasteiger partial charge in [-0.05, 0) is 64.4 Å². The maximum absolute atomic E-state index is 15.6. The topological polar surface area (TPSA) is 40.8 Å². The summed E-state index contributed by atoms with van der Waals surface area (Å²) in [5.41, 5.74) is 8.04. The molecule has 0 atom stereocenters. The van der Waals surface area contributed by atoms with Crippen molar-refractivity contribution >= 4 is 21.9 Å². The molecule has 6 aromatic rings. The molecule has 1 aliphatic carbocycles. The molecule has 206 valence electrons. The van der Waals surface area contributed by atoms with Gasteiger partial charge in [-0.1, -0.05) is 76.1 Å². The smallest absolute Gasteiger partial charge is 0.216 e. The van der Waals surface area contributed by atoms with Gasteiger partial charge in [0.05, 0.1) is 17.2 Å². The Hall–Kier alpha value is -4.75. The number of aromatic nitrogens is 1. The normalized spacial score (nSPS) is 16.8. The van der Waals surface area contributed by atoms with E-state index in [1.807, 2.05) is 36.4 Å². The average molecular weight is 559 g/mol. The number of benzene rings is 4. The first-order valence-electron chi connectivity index (χ1n) is 17.3. The van der Waals surface area contributed by atoms with E-state index in [9.17, 15) is 5.26 Å². The lowest BCUT2D eigenvalue weighted by molar-refractivity contribution is -0.662. The predicted molar refractivity (Wildman–Crippen MR) is 167 cm³/mol. The van der Waals surface area contributed by atoms with Gasteiger partial charge in [0, 0.05) is 43.0 Å². The SMILES string of the molecule is [2H]C([2H])([2H])C([2H])(c1cc(-c2c(C)ccc3c2oc2c(-c4ccc5c(c4)C(C)(C)c4ccccc4-5)ccc(C#N)c23)[n+](C)cc1F)C([2H])([2H])[2H]. The number of nitriles is 1. The summed E-state index contributed by atoms with van der Waals surface area (Å²) in [7, 11) is 1.55. The number of fused-ring (bicyclic) bond motifs is 6. The van der Waals surface area contributed by atoms with Crippen molar-refractivity contribution in [2.75, 3.05) is 0 Å². The third-order valence-corrected chi connectivity index (χ3v) is 8.76. The zero-order valence-electron chi connectivity index (χ0n) is 30.7. The van der Waals surface area contributed by atoms with Gasteiger partial charge in [0.25, 0.3) is 0 Å². The molecule has 1 aliphatic rings. The summed E-state index contributed by atoms with van der Waals surface area (Å²) in [6.07, 6.45) is 0.989. The lowest BCUT2D eigenvalue weighted by atomic mass is 9.81. The molecule has 7 rings (SSSR count). The number of hydrogen-bond acceptors (Lipinski definition) is 2. The van der Waals surface area contributed by atoms with Gasteiger partial charge in [-0.2, -0.15) is 9.83 Å². The fraction of sp³-hybridized carbons (Fsp3) is 0.211. The van der Waals surface area contributed by atoms with E-state index in [0.717, 1.165) is 29.0 Å². The van der Waals surface area contributed by atoms with Crippen LogP contribution in [0.15, 0.2) is 83.4 Å². The van der Waals surface area contributed by atoms with E-state index in [4.69, 9.17) is 14.0 Å². The molecule has 0 unspecified atom stereocenters. The number of rotatable bonds is 3. The zero-order valence-corrected chi connectivity index (χ0v) is 23.7. The summed E-state index contributed by atoms with van der Waals surface area (Å²) in [5.74, 6) is -4.37. The van der Waals surface area contributed by atoms with E-state index in [0.29, 0.717) is 38.6 Å². The molecule has 0 radical (unpaired) electrons. The first kappa shape index (κ1) is 19.4. The van der Waals surface area contributed by atoms with Crippen molar-refractivity contribution in [2.45, 2.75) is 45.8 Å². The molecule has 2 aromatic heterocycles. The van der Waals surface area contributed by atoms with Crippen LogP contribution in [0.4, 0.5) is 4.39 Å². The summed E-state index contributed by atoms with van der Waals surface area (Å²) in [5, 5.41) is 11.4. The van der Waals surface area contributed by atoms with Crippen molar-refractivity contribution < 1.29 is 23.0 Å². The first-order chi connectivity index (χ1) is 22.9. The monoisotopic (exact) mass is 558 g/mol. The van der Waals surface area contributed by atoms with Crippen molar-refractivity contribution in [3.05, 3.63) is 113 Å². The molecule has 0 aliphatic heterocycles. The third kappa shape index (κ3) is 3.59. The van der Waals surface area contributed by atoms with E-state index >= 15 is 4.39 Å². The fourth-order valence-corrected chi connectivity index (χ4v) is 6.61. The summed E-state index contributed by atoms with van der Waals surface area (Å²) in [6, 6.07) is 25.4. The second-order valence-corrected chi connectivity index (χ2v) is 11.5. The summed E-state index contributed by atoms with van der Waals surface area (Å²) < 4.78 is 80.2. The number of hydrogen-bond donors (Lipinski definition) is 0. The van der Waals surface area contributed by atoms with Crippen molar-refractivity contribution in [2.24, 2.45) is 7.05 Å². The molecule has 3 nitrogen and oxygen atoms in total. The largest absolute Gasteiger partial charge is 0.454 e. The molecule has 0 spiro atoms. The quantitative estimate of drug-likeness (QED) is 0.203. The molecule has 0 saturated carbocycles. The maximum Gasteiger partial charge on any atom is 0.216 e. The molecule has 0 fully saturated rings. The van der Waals surface area contributed by atoms with Gasteiger partial charge in [0.2, 0.25) is 11.9 Å². The van der Waals surface area contributed by atoms with Gasteiger partial charge in [0.1, 0.15) is 18.2 Å². The van der Waals surface area contributed by atoms with Crippen LogP contribution in [0.2, 0.25) is 0 Å². The van der Waals surface area contributed by atoms with E-state index in [1.54, 1.807) is 20.0 Å². The summed E-state index contributed by atoms with van der Waals surface area (Å²) in [4.78, 5) is 0. The second kappa shape index (κ2) is 9.13. The van der Waals surface area contributed by atoms with E-state index in [1.165, 1.54) is 21.3 Å². The van der Waals surface area contributed by atoms with Crippen LogP contribution in [-0.4, -0.2) is 0 Å². The molecular formula is C38H32FN2O+. The first-order valence-corrected chi connectivity index (χ1v) is 13.8. The van der Waals surface area contributed by atoms with Gasteiger partial charge >= 0.3 is 0 Å². The van der Waals surface area contributed by atoms with E-state index in [-0.39, 0.29) is 11.1 Å². The Morgan fingerprint density at radius 1 is 0.952 bits per heavy atom. The van der Waals surface area contributed by atoms with E-state index < -0.39 is 31.0 Å². The van der Waals surface area contributed by atoms with Crippen LogP contribution in [0.5, 0.6) is 0 Å². The Kier molecular flexibility index (Phi) is 4.21. The Bertz CT molecular complexity index is 2400. The average Bonchev–Trinajstić information content (AvgIpc) is 3.52. The van der Waals surface area contributed by atoms with Gasteiger partial charge in [-0.25, -0.2) is 4.39 Å². The van der Waals surface area contributed by atoms with E-state index in [2.05, 4.69) is 44.2 Å². The van der Waals surface area contributed by atoms with Gasteiger partial charge in [0.15, 0.2) is 5.82 Å². The molecule has 42 heavy (non-hydrogen) atoms. The van der Waals surface area contributed by atoms with Crippen molar-refractivity contribution in [1.82, 2.24) is 0 Å². The molecule has 0 bridgehead atoms. The molecule has 0 N–H and O–H groups in total. The molecule has 0 saturated heterocycles. The number of aryl methyl sites for hydroxylation is 2. The van der Waals surface area contributed by atoms with Gasteiger partial charge in [-0.3, -0.25) is 0 Å². The Morgan fingerprint density at radius 2 is 1.71 bits per heavy atom. The predicted octanol–water partition coefficient (Wildman–Crippen LogP) is 9.49. The van der Waals surface area contributed by atoms with Crippen LogP contribution in [0.3, 0.4) is 0 Å². The molecule has 4 aromatic carbocycles. The van der Waals surface area contributed by atoms with Crippen molar-refractivity contribution in [3.63, 3.8) is 0 Å². The van der Waals surface area contributed by atoms with Gasteiger partial charge in [-0.15, -0.1) is 0 Å². The summed E-state index contributed by atoms with van der Waals surface area (Å²) >= 11 is 0. The highest BCUT2D eigenvalue weighted by molar-refractivity contribution is 6.15. The highest BCUT2D eigenvalue weighted by Gasteiger charge is 2.35. The molecule has 2 heterocycles. The number of pyridine rings is 1. The second-order valence-electron chi connectivity index (χ2n) is 11.5. The number of furan rings is 1. The zero-order chi connectivity index (χ0) is 35.4. The third-order valence-electron chi connectivity index (χ3n) is 8.76. The highest BCUT2D eigenvalue weighted by Crippen LogP contribution is 2.50. The highest BCUT2D eigenvalue weighted by atomic mass is 19.1. The minimum absolute atomic E-state index is 0.239. The lowest BCUT2D eigenvalue weighted by Crippen LogP contribution is -2.32. The van der Waals surface area contributed by atoms with Gasteiger partial charge < -0.3 is 4.42 Å². The molecular weight excluding hydrogens is 519 g/mol. The van der Waals surface area contributed by atoms with Crippen LogP contribution < -0.4 is 4.57 Å².